The molecule has 0 spiro atoms. The number of carbonyl (C=O) groups is 1. The Morgan fingerprint density at radius 2 is 2.15 bits per heavy atom. The molecule has 0 fully saturated rings. The quantitative estimate of drug-likeness (QED) is 0.496. The van der Waals surface area contributed by atoms with E-state index in [0.717, 1.165) is 0 Å². The van der Waals surface area contributed by atoms with Crippen LogP contribution in [-0.4, -0.2) is 35.7 Å². The zero-order chi connectivity index (χ0) is 10.3. The molecular formula is C9H12N2OV. The summed E-state index contributed by atoms with van der Waals surface area (Å²) in [6.07, 6.45) is 4.61. The van der Waals surface area contributed by atoms with Crippen LogP contribution in [-0.2, 0) is 21.8 Å². The summed E-state index contributed by atoms with van der Waals surface area (Å²) in [4.78, 5) is 16.8. The van der Waals surface area contributed by atoms with Crippen molar-refractivity contribution in [1.82, 2.24) is 4.90 Å². The van der Waals surface area contributed by atoms with Crippen molar-refractivity contribution >= 4 is 16.7 Å². The number of hydrogen-bond donors (Lipinski definition) is 0. The first-order valence-electron chi connectivity index (χ1n) is 3.66. The number of ketones is 1. The molecule has 0 unspecified atom stereocenters. The Hall–Kier alpha value is -0.926. The van der Waals surface area contributed by atoms with Crippen molar-refractivity contribution in [2.24, 2.45) is 4.99 Å². The summed E-state index contributed by atoms with van der Waals surface area (Å²) in [7, 11) is 3.68. The molecule has 69 valence electrons. The molecule has 4 heteroatoms. The predicted molar refractivity (Wildman–Crippen MR) is 51.5 cm³/mol. The summed E-state index contributed by atoms with van der Waals surface area (Å²) >= 11 is 2.23. The van der Waals surface area contributed by atoms with E-state index in [1.54, 1.807) is 15.8 Å². The molecule has 0 aliphatic heterocycles. The second-order valence-electron chi connectivity index (χ2n) is 2.52. The SMILES string of the molecule is C=C(N=C[CH]=[V])C(=O)/C=C/N(C)C. The van der Waals surface area contributed by atoms with E-state index in [1.807, 2.05) is 14.1 Å². The van der Waals surface area contributed by atoms with Crippen molar-refractivity contribution < 1.29 is 21.8 Å². The Balaban J connectivity index is 4.20. The Morgan fingerprint density at radius 3 is 2.62 bits per heavy atom. The summed E-state index contributed by atoms with van der Waals surface area (Å²) < 4.78 is 1.68. The van der Waals surface area contributed by atoms with Gasteiger partial charge in [0.2, 0.25) is 0 Å². The van der Waals surface area contributed by atoms with Gasteiger partial charge in [-0.05, 0) is 0 Å². The van der Waals surface area contributed by atoms with Crippen LogP contribution in [0.2, 0.25) is 0 Å². The van der Waals surface area contributed by atoms with Crippen molar-refractivity contribution in [3.8, 4) is 0 Å². The number of carbonyl (C=O) groups excluding carboxylic acids is 1. The zero-order valence-corrected chi connectivity index (χ0v) is 9.16. The van der Waals surface area contributed by atoms with Gasteiger partial charge in [0, 0.05) is 0 Å². The monoisotopic (exact) mass is 215 g/mol. The van der Waals surface area contributed by atoms with E-state index < -0.39 is 0 Å². The summed E-state index contributed by atoms with van der Waals surface area (Å²) in [6, 6.07) is 0. The normalized spacial score (nSPS) is 10.5. The minimum atomic E-state index is -0.181. The molecule has 0 aromatic heterocycles. The number of aliphatic imine (C=N–C) groups is 1. The van der Waals surface area contributed by atoms with Crippen LogP contribution < -0.4 is 0 Å². The zero-order valence-electron chi connectivity index (χ0n) is 7.77. The van der Waals surface area contributed by atoms with Crippen LogP contribution in [0, 0.1) is 0 Å². The summed E-state index contributed by atoms with van der Waals surface area (Å²) in [6.45, 7) is 3.53. The molecule has 0 N–H and O–H groups in total. The average molecular weight is 215 g/mol. The van der Waals surface area contributed by atoms with E-state index in [4.69, 9.17) is 0 Å². The van der Waals surface area contributed by atoms with Gasteiger partial charge in [-0.25, -0.2) is 0 Å². The van der Waals surface area contributed by atoms with Gasteiger partial charge in [0.25, 0.3) is 0 Å². The molecule has 0 heterocycles. The van der Waals surface area contributed by atoms with Gasteiger partial charge in [0.1, 0.15) is 0 Å². The van der Waals surface area contributed by atoms with Gasteiger partial charge in [0.05, 0.1) is 0 Å². The van der Waals surface area contributed by atoms with E-state index in [0.29, 0.717) is 0 Å². The maximum atomic E-state index is 11.2. The first kappa shape index (κ1) is 12.1. The molecule has 0 atom stereocenters. The van der Waals surface area contributed by atoms with Crippen LogP contribution in [0.1, 0.15) is 0 Å². The molecule has 0 saturated heterocycles. The van der Waals surface area contributed by atoms with Crippen molar-refractivity contribution in [3.63, 3.8) is 0 Å². The predicted octanol–water partition coefficient (Wildman–Crippen LogP) is 0.564. The third kappa shape index (κ3) is 6.25. The molecule has 0 rings (SSSR count). The molecule has 13 heavy (non-hydrogen) atoms. The minimum absolute atomic E-state index is 0.181. The van der Waals surface area contributed by atoms with E-state index in [9.17, 15) is 4.79 Å². The fraction of sp³-hybridized carbons (Fsp3) is 0.222. The van der Waals surface area contributed by atoms with Gasteiger partial charge in [-0.1, -0.05) is 0 Å². The molecule has 0 radical (unpaired) electrons. The number of rotatable bonds is 5. The molecule has 3 nitrogen and oxygen atoms in total. The molecule has 0 saturated carbocycles. The molecule has 0 aromatic rings. The molecule has 0 aliphatic rings. The van der Waals surface area contributed by atoms with Crippen molar-refractivity contribution in [1.29, 1.82) is 0 Å². The van der Waals surface area contributed by atoms with Gasteiger partial charge < -0.3 is 0 Å². The number of nitrogens with zero attached hydrogens (tertiary/aromatic N) is 2. The van der Waals surface area contributed by atoms with E-state index >= 15 is 0 Å². The fourth-order valence-electron chi connectivity index (χ4n) is 0.500. The van der Waals surface area contributed by atoms with Gasteiger partial charge in [0.15, 0.2) is 0 Å². The Morgan fingerprint density at radius 1 is 1.54 bits per heavy atom. The first-order valence-corrected chi connectivity index (χ1v) is 4.46. The van der Waals surface area contributed by atoms with Gasteiger partial charge in [-0.15, -0.1) is 0 Å². The van der Waals surface area contributed by atoms with Crippen molar-refractivity contribution in [2.75, 3.05) is 14.1 Å². The molecule has 0 amide bonds. The molecule has 0 bridgehead atoms. The van der Waals surface area contributed by atoms with Crippen LogP contribution >= 0.6 is 0 Å². The Labute approximate surface area is 87.3 Å². The van der Waals surface area contributed by atoms with E-state index in [1.165, 1.54) is 12.3 Å². The summed E-state index contributed by atoms with van der Waals surface area (Å²) in [5.41, 5.74) is 0.236. The van der Waals surface area contributed by atoms with Crippen LogP contribution in [0.5, 0.6) is 0 Å². The molecular weight excluding hydrogens is 203 g/mol. The van der Waals surface area contributed by atoms with Crippen LogP contribution in [0.3, 0.4) is 0 Å². The summed E-state index contributed by atoms with van der Waals surface area (Å²) in [5, 5.41) is 0. The number of allylic oxidation sites excluding steroid dienone is 1. The van der Waals surface area contributed by atoms with Crippen molar-refractivity contribution in [2.45, 2.75) is 0 Å². The maximum absolute atomic E-state index is 11.2. The first-order chi connectivity index (χ1) is 6.07. The molecule has 0 aromatic carbocycles. The Kier molecular flexibility index (Phi) is 6.11. The van der Waals surface area contributed by atoms with Crippen molar-refractivity contribution in [3.05, 3.63) is 24.6 Å². The standard InChI is InChI=1S/C9H12N2O.V/c1-5-10-8(2)9(12)6-7-11(3)4;/h1,5-7H,2H2,3-4H3;/b7-6+,10-5?;. The van der Waals surface area contributed by atoms with Gasteiger partial charge >= 0.3 is 87.0 Å². The third-order valence-electron chi connectivity index (χ3n) is 1.11. The van der Waals surface area contributed by atoms with E-state index in [-0.39, 0.29) is 11.5 Å². The average Bonchev–Trinajstić information content (AvgIpc) is 2.10. The number of hydrogen-bond acceptors (Lipinski definition) is 3. The van der Waals surface area contributed by atoms with Crippen LogP contribution in [0.15, 0.2) is 29.5 Å². The van der Waals surface area contributed by atoms with Crippen LogP contribution in [0.4, 0.5) is 0 Å². The topological polar surface area (TPSA) is 32.7 Å². The second-order valence-corrected chi connectivity index (χ2v) is 2.98. The van der Waals surface area contributed by atoms with Crippen LogP contribution in [0.25, 0.3) is 0 Å². The Bertz CT molecular complexity index is 267. The van der Waals surface area contributed by atoms with Gasteiger partial charge in [-0.3, -0.25) is 0 Å². The third-order valence-corrected chi connectivity index (χ3v) is 1.31. The van der Waals surface area contributed by atoms with Gasteiger partial charge in [-0.2, -0.15) is 0 Å². The second kappa shape index (κ2) is 6.58. The molecule has 0 aliphatic carbocycles. The summed E-state index contributed by atoms with van der Waals surface area (Å²) in [5.74, 6) is -0.181. The van der Waals surface area contributed by atoms with E-state index in [2.05, 4.69) is 28.6 Å². The fourth-order valence-corrected chi connectivity index (χ4v) is 0.604.